The van der Waals surface area contributed by atoms with Gasteiger partial charge in [0.05, 0.1) is 13.2 Å². The largest absolute Gasteiger partial charge is 0.497 e. The van der Waals surface area contributed by atoms with Crippen molar-refractivity contribution in [3.8, 4) is 11.4 Å². The monoisotopic (exact) mass is 389 g/mol. The first kappa shape index (κ1) is 19.3. The number of hydrogen-bond donors (Lipinski definition) is 1. The van der Waals surface area contributed by atoms with Crippen LogP contribution in [-0.2, 0) is 0 Å². The standard InChI is InChI=1S/C24H27N3O2/c1-29-22-12-8-19(9-13-22)23(27-16-4-5-17-27)18-25-24(28)20-6-10-21(11-7-20)26-14-2-3-15-26/h2-3,6-15,23H,4-5,16-18H2,1H3,(H,25,28). The average Bonchev–Trinajstić information content (AvgIpc) is 3.49. The van der Waals surface area contributed by atoms with Crippen molar-refractivity contribution >= 4 is 5.91 Å². The predicted octanol–water partition coefficient (Wildman–Crippen LogP) is 4.05. The van der Waals surface area contributed by atoms with E-state index >= 15 is 0 Å². The van der Waals surface area contributed by atoms with E-state index in [0.29, 0.717) is 12.1 Å². The van der Waals surface area contributed by atoms with Gasteiger partial charge in [-0.05, 0) is 80.0 Å². The van der Waals surface area contributed by atoms with Crippen molar-refractivity contribution < 1.29 is 9.53 Å². The third kappa shape index (κ3) is 4.51. The smallest absolute Gasteiger partial charge is 0.251 e. The van der Waals surface area contributed by atoms with Gasteiger partial charge in [0.15, 0.2) is 0 Å². The minimum Gasteiger partial charge on any atom is -0.497 e. The van der Waals surface area contributed by atoms with E-state index < -0.39 is 0 Å². The van der Waals surface area contributed by atoms with Crippen LogP contribution in [0.1, 0.15) is 34.8 Å². The Balaban J connectivity index is 1.44. The molecular weight excluding hydrogens is 362 g/mol. The number of rotatable bonds is 7. The summed E-state index contributed by atoms with van der Waals surface area (Å²) in [6.07, 6.45) is 6.40. The van der Waals surface area contributed by atoms with Crippen LogP contribution in [0.25, 0.3) is 5.69 Å². The molecule has 150 valence electrons. The van der Waals surface area contributed by atoms with E-state index in [1.54, 1.807) is 7.11 Å². The quantitative estimate of drug-likeness (QED) is 0.663. The van der Waals surface area contributed by atoms with E-state index in [-0.39, 0.29) is 11.9 Å². The highest BCUT2D eigenvalue weighted by Gasteiger charge is 2.24. The molecule has 0 bridgehead atoms. The van der Waals surface area contributed by atoms with Crippen LogP contribution in [0.2, 0.25) is 0 Å². The Morgan fingerprint density at radius 3 is 2.28 bits per heavy atom. The lowest BCUT2D eigenvalue weighted by molar-refractivity contribution is 0.0938. The minimum absolute atomic E-state index is 0.0400. The average molecular weight is 389 g/mol. The first-order valence-electron chi connectivity index (χ1n) is 10.1. The molecule has 1 aromatic heterocycles. The molecule has 0 spiro atoms. The summed E-state index contributed by atoms with van der Waals surface area (Å²) < 4.78 is 7.30. The summed E-state index contributed by atoms with van der Waals surface area (Å²) in [6, 6.07) is 20.0. The van der Waals surface area contributed by atoms with Crippen LogP contribution in [0.3, 0.4) is 0 Å². The fourth-order valence-electron chi connectivity index (χ4n) is 3.92. The van der Waals surface area contributed by atoms with E-state index in [1.165, 1.54) is 18.4 Å². The SMILES string of the molecule is COc1ccc(C(CNC(=O)c2ccc(-n3cccc3)cc2)N2CCCC2)cc1. The van der Waals surface area contributed by atoms with Gasteiger partial charge < -0.3 is 14.6 Å². The van der Waals surface area contributed by atoms with Crippen molar-refractivity contribution in [3.05, 3.63) is 84.2 Å². The molecular formula is C24H27N3O2. The van der Waals surface area contributed by atoms with Crippen molar-refractivity contribution in [1.82, 2.24) is 14.8 Å². The van der Waals surface area contributed by atoms with Gasteiger partial charge in [-0.15, -0.1) is 0 Å². The lowest BCUT2D eigenvalue weighted by Gasteiger charge is -2.28. The molecule has 0 radical (unpaired) electrons. The van der Waals surface area contributed by atoms with Gasteiger partial charge in [-0.3, -0.25) is 9.69 Å². The molecule has 1 saturated heterocycles. The molecule has 1 unspecified atom stereocenters. The maximum Gasteiger partial charge on any atom is 0.251 e. The van der Waals surface area contributed by atoms with Crippen molar-refractivity contribution in [2.75, 3.05) is 26.7 Å². The summed E-state index contributed by atoms with van der Waals surface area (Å²) in [6.45, 7) is 2.72. The number of carbonyl (C=O) groups excluding carboxylic acids is 1. The highest BCUT2D eigenvalue weighted by atomic mass is 16.5. The Morgan fingerprint density at radius 2 is 1.66 bits per heavy atom. The molecule has 2 heterocycles. The van der Waals surface area contributed by atoms with Crippen LogP contribution in [0, 0.1) is 0 Å². The maximum atomic E-state index is 12.7. The van der Waals surface area contributed by atoms with Crippen LogP contribution < -0.4 is 10.1 Å². The summed E-state index contributed by atoms with van der Waals surface area (Å²) in [5.74, 6) is 0.808. The van der Waals surface area contributed by atoms with Gasteiger partial charge >= 0.3 is 0 Å². The number of ether oxygens (including phenoxy) is 1. The highest BCUT2D eigenvalue weighted by Crippen LogP contribution is 2.26. The summed E-state index contributed by atoms with van der Waals surface area (Å²) in [4.78, 5) is 15.2. The number of methoxy groups -OCH3 is 1. The van der Waals surface area contributed by atoms with Gasteiger partial charge in [0.25, 0.3) is 5.91 Å². The van der Waals surface area contributed by atoms with Crippen molar-refractivity contribution in [3.63, 3.8) is 0 Å². The number of hydrogen-bond acceptors (Lipinski definition) is 3. The molecule has 5 nitrogen and oxygen atoms in total. The Kier molecular flexibility index (Phi) is 5.96. The molecule has 0 aliphatic carbocycles. The third-order valence-electron chi connectivity index (χ3n) is 5.57. The number of aromatic nitrogens is 1. The first-order valence-corrected chi connectivity index (χ1v) is 10.1. The van der Waals surface area contributed by atoms with Gasteiger partial charge in [0.1, 0.15) is 5.75 Å². The first-order chi connectivity index (χ1) is 14.2. The highest BCUT2D eigenvalue weighted by molar-refractivity contribution is 5.94. The van der Waals surface area contributed by atoms with Gasteiger partial charge in [0, 0.05) is 30.2 Å². The van der Waals surface area contributed by atoms with Gasteiger partial charge in [-0.1, -0.05) is 12.1 Å². The summed E-state index contributed by atoms with van der Waals surface area (Å²) in [5, 5.41) is 3.14. The molecule has 2 aromatic carbocycles. The van der Waals surface area contributed by atoms with E-state index in [2.05, 4.69) is 22.3 Å². The zero-order valence-corrected chi connectivity index (χ0v) is 16.8. The molecule has 29 heavy (non-hydrogen) atoms. The topological polar surface area (TPSA) is 46.5 Å². The fraction of sp³-hybridized carbons (Fsp3) is 0.292. The Labute approximate surface area is 171 Å². The predicted molar refractivity (Wildman–Crippen MR) is 115 cm³/mol. The van der Waals surface area contributed by atoms with Crippen molar-refractivity contribution in [2.45, 2.75) is 18.9 Å². The number of likely N-dealkylation sites (tertiary alicyclic amines) is 1. The second-order valence-electron chi connectivity index (χ2n) is 7.38. The van der Waals surface area contributed by atoms with E-state index in [4.69, 9.17) is 4.74 Å². The van der Waals surface area contributed by atoms with Gasteiger partial charge in [-0.25, -0.2) is 0 Å². The number of nitrogens with zero attached hydrogens (tertiary/aromatic N) is 2. The molecule has 1 N–H and O–H groups in total. The second-order valence-corrected chi connectivity index (χ2v) is 7.38. The van der Waals surface area contributed by atoms with Gasteiger partial charge in [-0.2, -0.15) is 0 Å². The molecule has 5 heteroatoms. The molecule has 1 fully saturated rings. The fourth-order valence-corrected chi connectivity index (χ4v) is 3.92. The molecule has 0 saturated carbocycles. The Morgan fingerprint density at radius 1 is 1.00 bits per heavy atom. The van der Waals surface area contributed by atoms with Crippen LogP contribution in [-0.4, -0.2) is 42.1 Å². The Hall–Kier alpha value is -3.05. The summed E-state index contributed by atoms with van der Waals surface area (Å²) in [5.41, 5.74) is 2.92. The summed E-state index contributed by atoms with van der Waals surface area (Å²) in [7, 11) is 1.68. The molecule has 1 atom stereocenters. The minimum atomic E-state index is -0.0400. The van der Waals surface area contributed by atoms with E-state index in [0.717, 1.165) is 24.5 Å². The second kappa shape index (κ2) is 8.97. The lowest BCUT2D eigenvalue weighted by Crippen LogP contribution is -2.36. The normalized spacial score (nSPS) is 15.2. The van der Waals surface area contributed by atoms with Crippen molar-refractivity contribution in [1.29, 1.82) is 0 Å². The zero-order valence-electron chi connectivity index (χ0n) is 16.8. The lowest BCUT2D eigenvalue weighted by atomic mass is 10.0. The van der Waals surface area contributed by atoms with Crippen LogP contribution in [0.5, 0.6) is 5.75 Å². The number of carbonyl (C=O) groups is 1. The number of amides is 1. The molecule has 3 aromatic rings. The van der Waals surface area contributed by atoms with E-state index in [1.807, 2.05) is 65.5 Å². The molecule has 1 aliphatic heterocycles. The zero-order chi connectivity index (χ0) is 20.1. The number of benzene rings is 2. The third-order valence-corrected chi connectivity index (χ3v) is 5.57. The number of nitrogens with one attached hydrogen (secondary N) is 1. The summed E-state index contributed by atoms with van der Waals surface area (Å²) >= 11 is 0. The molecule has 1 aliphatic rings. The Bertz CT molecular complexity index is 912. The van der Waals surface area contributed by atoms with Crippen molar-refractivity contribution in [2.24, 2.45) is 0 Å². The molecule has 1 amide bonds. The molecule has 4 rings (SSSR count). The maximum absolute atomic E-state index is 12.7. The van der Waals surface area contributed by atoms with Crippen LogP contribution in [0.4, 0.5) is 0 Å². The van der Waals surface area contributed by atoms with Gasteiger partial charge in [0.2, 0.25) is 0 Å². The van der Waals surface area contributed by atoms with Crippen LogP contribution >= 0.6 is 0 Å². The van der Waals surface area contributed by atoms with E-state index in [9.17, 15) is 4.79 Å². The van der Waals surface area contributed by atoms with Crippen LogP contribution in [0.15, 0.2) is 73.1 Å².